The Bertz CT molecular complexity index is 666. The maximum absolute atomic E-state index is 12.8. The molecule has 0 bridgehead atoms. The SMILES string of the molecule is C=C(C1CCCCC1)C(CC(=O)c1ccccc1)c1ccccc1. The number of carbonyl (C=O) groups excluding carboxylic acids is 1. The topological polar surface area (TPSA) is 17.1 Å². The van der Waals surface area contributed by atoms with Crippen molar-refractivity contribution in [3.05, 3.63) is 83.9 Å². The van der Waals surface area contributed by atoms with E-state index in [1.165, 1.54) is 43.2 Å². The summed E-state index contributed by atoms with van der Waals surface area (Å²) in [4.78, 5) is 12.8. The van der Waals surface area contributed by atoms with Gasteiger partial charge < -0.3 is 0 Å². The van der Waals surface area contributed by atoms with Crippen LogP contribution >= 0.6 is 0 Å². The molecule has 2 aromatic carbocycles. The molecular formula is C23H26O. The van der Waals surface area contributed by atoms with Gasteiger partial charge in [0.2, 0.25) is 0 Å². The molecule has 1 fully saturated rings. The Morgan fingerprint density at radius 3 is 2.12 bits per heavy atom. The number of hydrogen-bond donors (Lipinski definition) is 0. The summed E-state index contributed by atoms with van der Waals surface area (Å²) in [6.07, 6.45) is 6.88. The Morgan fingerprint density at radius 1 is 0.917 bits per heavy atom. The highest BCUT2D eigenvalue weighted by atomic mass is 16.1. The van der Waals surface area contributed by atoms with Gasteiger partial charge in [-0.2, -0.15) is 0 Å². The molecule has 1 saturated carbocycles. The highest BCUT2D eigenvalue weighted by molar-refractivity contribution is 5.96. The second-order valence-corrected chi connectivity index (χ2v) is 6.87. The summed E-state index contributed by atoms with van der Waals surface area (Å²) < 4.78 is 0. The van der Waals surface area contributed by atoms with Crippen LogP contribution in [0.1, 0.15) is 60.4 Å². The van der Waals surface area contributed by atoms with Crippen molar-refractivity contribution in [1.82, 2.24) is 0 Å². The first-order valence-electron chi connectivity index (χ1n) is 9.07. The molecule has 0 N–H and O–H groups in total. The Hall–Kier alpha value is -2.15. The monoisotopic (exact) mass is 318 g/mol. The van der Waals surface area contributed by atoms with Crippen LogP contribution in [0, 0.1) is 5.92 Å². The molecular weight excluding hydrogens is 292 g/mol. The number of allylic oxidation sites excluding steroid dienone is 1. The lowest BCUT2D eigenvalue weighted by Gasteiger charge is -2.29. The second kappa shape index (κ2) is 8.10. The molecule has 0 radical (unpaired) electrons. The van der Waals surface area contributed by atoms with Crippen molar-refractivity contribution in [2.75, 3.05) is 0 Å². The van der Waals surface area contributed by atoms with Crippen molar-refractivity contribution in [3.63, 3.8) is 0 Å². The predicted molar refractivity (Wildman–Crippen MR) is 100 cm³/mol. The van der Waals surface area contributed by atoms with Gasteiger partial charge in [-0.3, -0.25) is 4.79 Å². The minimum atomic E-state index is 0.127. The van der Waals surface area contributed by atoms with Gasteiger partial charge in [0, 0.05) is 17.9 Å². The zero-order valence-corrected chi connectivity index (χ0v) is 14.3. The third-order valence-electron chi connectivity index (χ3n) is 5.26. The van der Waals surface area contributed by atoms with E-state index in [4.69, 9.17) is 0 Å². The van der Waals surface area contributed by atoms with E-state index in [-0.39, 0.29) is 11.7 Å². The normalized spacial score (nSPS) is 16.5. The van der Waals surface area contributed by atoms with Crippen LogP contribution in [0.2, 0.25) is 0 Å². The molecule has 0 aliphatic heterocycles. The molecule has 0 spiro atoms. The van der Waals surface area contributed by atoms with Crippen LogP contribution in [-0.2, 0) is 0 Å². The van der Waals surface area contributed by atoms with Crippen LogP contribution in [0.25, 0.3) is 0 Å². The zero-order chi connectivity index (χ0) is 16.8. The van der Waals surface area contributed by atoms with E-state index in [0.29, 0.717) is 12.3 Å². The average Bonchev–Trinajstić information content (AvgIpc) is 2.67. The highest BCUT2D eigenvalue weighted by Gasteiger charge is 2.26. The number of benzene rings is 2. The first-order valence-corrected chi connectivity index (χ1v) is 9.07. The number of Topliss-reactive ketones (excluding diaryl/α,β-unsaturated/α-hetero) is 1. The quantitative estimate of drug-likeness (QED) is 0.459. The van der Waals surface area contributed by atoms with Crippen molar-refractivity contribution < 1.29 is 4.79 Å². The molecule has 1 aliphatic carbocycles. The molecule has 24 heavy (non-hydrogen) atoms. The van der Waals surface area contributed by atoms with Gasteiger partial charge in [0.15, 0.2) is 5.78 Å². The van der Waals surface area contributed by atoms with Gasteiger partial charge in [0.05, 0.1) is 0 Å². The van der Waals surface area contributed by atoms with E-state index in [9.17, 15) is 4.79 Å². The van der Waals surface area contributed by atoms with Crippen LogP contribution in [0.15, 0.2) is 72.8 Å². The van der Waals surface area contributed by atoms with Crippen LogP contribution in [-0.4, -0.2) is 5.78 Å². The third kappa shape index (κ3) is 4.03. The Kier molecular flexibility index (Phi) is 5.63. The van der Waals surface area contributed by atoms with Gasteiger partial charge in [-0.05, 0) is 24.3 Å². The number of hydrogen-bond acceptors (Lipinski definition) is 1. The summed E-state index contributed by atoms with van der Waals surface area (Å²) in [5.74, 6) is 0.899. The van der Waals surface area contributed by atoms with E-state index in [1.54, 1.807) is 0 Å². The van der Waals surface area contributed by atoms with E-state index in [0.717, 1.165) is 5.56 Å². The summed E-state index contributed by atoms with van der Waals surface area (Å²) in [6.45, 7) is 4.45. The predicted octanol–water partition coefficient (Wildman–Crippen LogP) is 6.18. The van der Waals surface area contributed by atoms with Crippen molar-refractivity contribution >= 4 is 5.78 Å². The van der Waals surface area contributed by atoms with E-state index in [1.807, 2.05) is 36.4 Å². The smallest absolute Gasteiger partial charge is 0.163 e. The van der Waals surface area contributed by atoms with Gasteiger partial charge in [-0.25, -0.2) is 0 Å². The number of carbonyl (C=O) groups is 1. The molecule has 0 amide bonds. The molecule has 0 aromatic heterocycles. The molecule has 1 heteroatoms. The summed E-state index contributed by atoms with van der Waals surface area (Å²) in [7, 11) is 0. The van der Waals surface area contributed by atoms with Gasteiger partial charge in [0.25, 0.3) is 0 Å². The summed E-state index contributed by atoms with van der Waals surface area (Å²) >= 11 is 0. The minimum absolute atomic E-state index is 0.127. The standard InChI is InChI=1S/C23H26O/c1-18(19-11-5-2-6-12-19)22(20-13-7-3-8-14-20)17-23(24)21-15-9-4-10-16-21/h3-4,7-10,13-16,19,22H,1-2,5-6,11-12,17H2. The van der Waals surface area contributed by atoms with Crippen LogP contribution in [0.4, 0.5) is 0 Å². The molecule has 1 aliphatic rings. The summed E-state index contributed by atoms with van der Waals surface area (Å²) in [5, 5.41) is 0. The lowest BCUT2D eigenvalue weighted by molar-refractivity contribution is 0.0975. The van der Waals surface area contributed by atoms with Gasteiger partial charge in [-0.1, -0.05) is 92.1 Å². The molecule has 1 nitrogen and oxygen atoms in total. The second-order valence-electron chi connectivity index (χ2n) is 6.87. The largest absolute Gasteiger partial charge is 0.294 e. The fourth-order valence-electron chi connectivity index (χ4n) is 3.83. The molecule has 0 saturated heterocycles. The van der Waals surface area contributed by atoms with E-state index in [2.05, 4.69) is 30.8 Å². The Labute approximate surface area is 145 Å². The molecule has 3 rings (SSSR count). The van der Waals surface area contributed by atoms with Crippen LogP contribution in [0.5, 0.6) is 0 Å². The molecule has 1 atom stereocenters. The lowest BCUT2D eigenvalue weighted by atomic mass is 9.75. The average molecular weight is 318 g/mol. The van der Waals surface area contributed by atoms with E-state index >= 15 is 0 Å². The number of rotatable bonds is 6. The number of ketones is 1. The van der Waals surface area contributed by atoms with Crippen molar-refractivity contribution in [2.45, 2.75) is 44.4 Å². The van der Waals surface area contributed by atoms with Gasteiger partial charge in [0.1, 0.15) is 0 Å². The zero-order valence-electron chi connectivity index (χ0n) is 14.3. The lowest BCUT2D eigenvalue weighted by Crippen LogP contribution is -2.17. The molecule has 0 heterocycles. The Morgan fingerprint density at radius 2 is 1.50 bits per heavy atom. The Balaban J connectivity index is 1.82. The molecule has 2 aromatic rings. The van der Waals surface area contributed by atoms with Crippen molar-refractivity contribution in [2.24, 2.45) is 5.92 Å². The summed E-state index contributed by atoms with van der Waals surface area (Å²) in [6, 6.07) is 20.1. The molecule has 1 unspecified atom stereocenters. The first-order chi connectivity index (χ1) is 11.8. The minimum Gasteiger partial charge on any atom is -0.294 e. The molecule has 124 valence electrons. The van der Waals surface area contributed by atoms with Crippen LogP contribution in [0.3, 0.4) is 0 Å². The van der Waals surface area contributed by atoms with Gasteiger partial charge >= 0.3 is 0 Å². The first kappa shape index (κ1) is 16.7. The van der Waals surface area contributed by atoms with Crippen LogP contribution < -0.4 is 0 Å². The third-order valence-corrected chi connectivity index (χ3v) is 5.26. The maximum atomic E-state index is 12.8. The maximum Gasteiger partial charge on any atom is 0.163 e. The fraction of sp³-hybridized carbons (Fsp3) is 0.348. The van der Waals surface area contributed by atoms with Gasteiger partial charge in [-0.15, -0.1) is 0 Å². The highest BCUT2D eigenvalue weighted by Crippen LogP contribution is 2.39. The summed E-state index contributed by atoms with van der Waals surface area (Å²) in [5.41, 5.74) is 3.28. The fourth-order valence-corrected chi connectivity index (χ4v) is 3.83. The van der Waals surface area contributed by atoms with Crippen molar-refractivity contribution in [3.8, 4) is 0 Å². The van der Waals surface area contributed by atoms with E-state index < -0.39 is 0 Å². The van der Waals surface area contributed by atoms with Crippen molar-refractivity contribution in [1.29, 1.82) is 0 Å².